The molecule has 0 spiro atoms. The number of nitrogens with zero attached hydrogens (tertiary/aromatic N) is 2. The van der Waals surface area contributed by atoms with Crippen molar-refractivity contribution < 1.29 is 18.3 Å². The summed E-state index contributed by atoms with van der Waals surface area (Å²) < 4.78 is 27.5. The molecule has 2 rings (SSSR count). The van der Waals surface area contributed by atoms with E-state index in [1.807, 2.05) is 0 Å². The summed E-state index contributed by atoms with van der Waals surface area (Å²) in [4.78, 5) is 11.1. The zero-order valence-electron chi connectivity index (χ0n) is 9.96. The number of aromatic nitrogens is 2. The Bertz CT molecular complexity index is 559. The van der Waals surface area contributed by atoms with Crippen LogP contribution in [0.1, 0.15) is 19.3 Å². The molecule has 1 aromatic rings. The van der Waals surface area contributed by atoms with Crippen LogP contribution in [-0.4, -0.2) is 35.8 Å². The van der Waals surface area contributed by atoms with Crippen molar-refractivity contribution in [2.24, 2.45) is 12.5 Å². The van der Waals surface area contributed by atoms with Crippen molar-refractivity contribution in [1.29, 1.82) is 0 Å². The molecule has 100 valence electrons. The van der Waals surface area contributed by atoms with Gasteiger partial charge < -0.3 is 5.11 Å². The summed E-state index contributed by atoms with van der Waals surface area (Å²) in [7, 11) is -2.18. The topological polar surface area (TPSA) is 101 Å². The van der Waals surface area contributed by atoms with Gasteiger partial charge in [0.15, 0.2) is 5.03 Å². The number of carboxylic acids is 1. The van der Waals surface area contributed by atoms with E-state index in [0.717, 1.165) is 6.42 Å². The van der Waals surface area contributed by atoms with Crippen LogP contribution in [0, 0.1) is 5.41 Å². The fraction of sp³-hybridized carbons (Fsp3) is 0.600. The van der Waals surface area contributed by atoms with Crippen LogP contribution < -0.4 is 4.72 Å². The molecule has 0 aliphatic heterocycles. The lowest BCUT2D eigenvalue weighted by molar-refractivity contribution is -0.153. The number of rotatable bonds is 5. The first-order chi connectivity index (χ1) is 8.37. The van der Waals surface area contributed by atoms with Gasteiger partial charge in [-0.25, -0.2) is 13.1 Å². The van der Waals surface area contributed by atoms with Crippen molar-refractivity contribution in [3.63, 3.8) is 0 Å². The third-order valence-electron chi connectivity index (χ3n) is 3.42. The zero-order chi connectivity index (χ0) is 13.4. The molecule has 2 N–H and O–H groups in total. The van der Waals surface area contributed by atoms with Crippen LogP contribution in [0.15, 0.2) is 17.3 Å². The van der Waals surface area contributed by atoms with E-state index >= 15 is 0 Å². The molecular formula is C10H15N3O4S. The van der Waals surface area contributed by atoms with Crippen molar-refractivity contribution in [2.75, 3.05) is 6.54 Å². The number of hydrogen-bond donors (Lipinski definition) is 2. The van der Waals surface area contributed by atoms with Gasteiger partial charge in [0.2, 0.25) is 0 Å². The molecule has 0 amide bonds. The van der Waals surface area contributed by atoms with Crippen LogP contribution in [0.2, 0.25) is 0 Å². The summed E-state index contributed by atoms with van der Waals surface area (Å²) in [5.74, 6) is -0.943. The molecule has 0 saturated heterocycles. The third kappa shape index (κ3) is 2.13. The normalized spacial score (nSPS) is 18.3. The largest absolute Gasteiger partial charge is 0.481 e. The lowest BCUT2D eigenvalue weighted by Crippen LogP contribution is -2.47. The summed E-state index contributed by atoms with van der Waals surface area (Å²) in [5, 5.41) is 12.9. The summed E-state index contributed by atoms with van der Waals surface area (Å²) in [5.41, 5.74) is -0.939. The van der Waals surface area contributed by atoms with Crippen molar-refractivity contribution in [1.82, 2.24) is 14.5 Å². The van der Waals surface area contributed by atoms with E-state index in [1.165, 1.54) is 24.0 Å². The van der Waals surface area contributed by atoms with E-state index in [4.69, 9.17) is 5.11 Å². The monoisotopic (exact) mass is 273 g/mol. The second-order valence-corrected chi connectivity index (χ2v) is 6.27. The molecule has 1 aliphatic carbocycles. The van der Waals surface area contributed by atoms with Crippen LogP contribution in [0.25, 0.3) is 0 Å². The van der Waals surface area contributed by atoms with Gasteiger partial charge in [-0.15, -0.1) is 0 Å². The van der Waals surface area contributed by atoms with E-state index in [1.54, 1.807) is 0 Å². The molecule has 1 heterocycles. The molecule has 8 heteroatoms. The molecule has 18 heavy (non-hydrogen) atoms. The van der Waals surface area contributed by atoms with Crippen molar-refractivity contribution in [2.45, 2.75) is 24.3 Å². The van der Waals surface area contributed by atoms with Gasteiger partial charge >= 0.3 is 5.97 Å². The molecule has 1 aromatic heterocycles. The maximum absolute atomic E-state index is 12.0. The van der Waals surface area contributed by atoms with E-state index < -0.39 is 21.4 Å². The van der Waals surface area contributed by atoms with Gasteiger partial charge in [0.05, 0.1) is 11.6 Å². The van der Waals surface area contributed by atoms with Gasteiger partial charge in [-0.2, -0.15) is 5.10 Å². The van der Waals surface area contributed by atoms with Gasteiger partial charge in [-0.05, 0) is 18.9 Å². The lowest BCUT2D eigenvalue weighted by atomic mass is 9.69. The first-order valence-corrected chi connectivity index (χ1v) is 7.07. The third-order valence-corrected chi connectivity index (χ3v) is 4.89. The van der Waals surface area contributed by atoms with E-state index in [2.05, 4.69) is 9.82 Å². The Balaban J connectivity index is 2.11. The number of aliphatic carboxylic acids is 1. The minimum Gasteiger partial charge on any atom is -0.481 e. The summed E-state index contributed by atoms with van der Waals surface area (Å²) >= 11 is 0. The van der Waals surface area contributed by atoms with Crippen LogP contribution in [0.5, 0.6) is 0 Å². The molecule has 0 aromatic carbocycles. The highest BCUT2D eigenvalue weighted by Gasteiger charge is 2.45. The van der Waals surface area contributed by atoms with E-state index in [0.29, 0.717) is 12.8 Å². The van der Waals surface area contributed by atoms with Crippen LogP contribution in [0.3, 0.4) is 0 Å². The number of aryl methyl sites for hydroxylation is 1. The predicted molar refractivity (Wildman–Crippen MR) is 62.3 cm³/mol. The van der Waals surface area contributed by atoms with Crippen LogP contribution in [-0.2, 0) is 21.9 Å². The SMILES string of the molecule is Cn1nccc1S(=O)(=O)NCC1(C(=O)O)CCC1. The minimum atomic E-state index is -3.70. The Labute approximate surface area is 105 Å². The Hall–Kier alpha value is -1.41. The summed E-state index contributed by atoms with van der Waals surface area (Å²) in [6.07, 6.45) is 3.22. The molecule has 0 unspecified atom stereocenters. The van der Waals surface area contributed by atoms with Gasteiger partial charge in [-0.1, -0.05) is 6.42 Å². The molecular weight excluding hydrogens is 258 g/mol. The van der Waals surface area contributed by atoms with Crippen molar-refractivity contribution >= 4 is 16.0 Å². The Morgan fingerprint density at radius 3 is 2.67 bits per heavy atom. The number of nitrogens with one attached hydrogen (secondary N) is 1. The van der Waals surface area contributed by atoms with E-state index in [9.17, 15) is 13.2 Å². The Morgan fingerprint density at radius 2 is 2.28 bits per heavy atom. The average Bonchev–Trinajstić information content (AvgIpc) is 2.62. The average molecular weight is 273 g/mol. The highest BCUT2D eigenvalue weighted by atomic mass is 32.2. The number of sulfonamides is 1. The second-order valence-electron chi connectivity index (χ2n) is 4.56. The number of carbonyl (C=O) groups is 1. The van der Waals surface area contributed by atoms with Crippen LogP contribution in [0.4, 0.5) is 0 Å². The number of carboxylic acid groups (broad SMARTS) is 1. The van der Waals surface area contributed by atoms with Crippen molar-refractivity contribution in [3.8, 4) is 0 Å². The first-order valence-electron chi connectivity index (χ1n) is 5.58. The smallest absolute Gasteiger partial charge is 0.310 e. The molecule has 1 aliphatic rings. The van der Waals surface area contributed by atoms with E-state index in [-0.39, 0.29) is 11.6 Å². The van der Waals surface area contributed by atoms with Crippen LogP contribution >= 0.6 is 0 Å². The van der Waals surface area contributed by atoms with Gasteiger partial charge in [0.1, 0.15) is 0 Å². The maximum Gasteiger partial charge on any atom is 0.310 e. The summed E-state index contributed by atoms with van der Waals surface area (Å²) in [6.45, 7) is -0.0736. The van der Waals surface area contributed by atoms with Gasteiger partial charge in [-0.3, -0.25) is 9.48 Å². The highest BCUT2D eigenvalue weighted by molar-refractivity contribution is 7.89. The Kier molecular flexibility index (Phi) is 3.16. The minimum absolute atomic E-state index is 0.0300. The standard InChI is InChI=1S/C10H15N3O4S/c1-13-8(3-6-11-13)18(16,17)12-7-10(9(14)15)4-2-5-10/h3,6,12H,2,4-5,7H2,1H3,(H,14,15). The fourth-order valence-corrected chi connectivity index (χ4v) is 3.25. The predicted octanol–water partition coefficient (Wildman–Crippen LogP) is -0.0467. The molecule has 0 radical (unpaired) electrons. The second kappa shape index (κ2) is 4.36. The first kappa shape index (κ1) is 13.0. The molecule has 1 fully saturated rings. The maximum atomic E-state index is 12.0. The summed E-state index contributed by atoms with van der Waals surface area (Å²) in [6, 6.07) is 1.37. The molecule has 1 saturated carbocycles. The molecule has 0 bridgehead atoms. The quantitative estimate of drug-likeness (QED) is 0.783. The fourth-order valence-electron chi connectivity index (χ4n) is 2.00. The Morgan fingerprint density at radius 1 is 1.61 bits per heavy atom. The van der Waals surface area contributed by atoms with Crippen molar-refractivity contribution in [3.05, 3.63) is 12.3 Å². The van der Waals surface area contributed by atoms with Gasteiger partial charge in [0.25, 0.3) is 10.0 Å². The zero-order valence-corrected chi connectivity index (χ0v) is 10.8. The molecule has 7 nitrogen and oxygen atoms in total. The molecule has 0 atom stereocenters. The van der Waals surface area contributed by atoms with Gasteiger partial charge in [0, 0.05) is 13.6 Å². The highest BCUT2D eigenvalue weighted by Crippen LogP contribution is 2.40. The number of hydrogen-bond acceptors (Lipinski definition) is 4. The lowest BCUT2D eigenvalue weighted by Gasteiger charge is -2.37.